The number of aliphatic hydroxyl groups is 1. The molecular formula is C27H27F2N5O3. The molecule has 2 aliphatic heterocycles. The molecule has 10 heteroatoms. The highest BCUT2D eigenvalue weighted by Crippen LogP contribution is 2.38. The van der Waals surface area contributed by atoms with Gasteiger partial charge in [0, 0.05) is 30.1 Å². The third-order valence-corrected chi connectivity index (χ3v) is 6.96. The molecule has 0 saturated carbocycles. The lowest BCUT2D eigenvalue weighted by molar-refractivity contribution is -0.137. The largest absolute Gasteiger partial charge is 0.394 e. The minimum absolute atomic E-state index is 0.0634. The first-order chi connectivity index (χ1) is 17.7. The van der Waals surface area contributed by atoms with Gasteiger partial charge in [0.1, 0.15) is 0 Å². The minimum atomic E-state index is -0.947. The van der Waals surface area contributed by atoms with Crippen molar-refractivity contribution >= 4 is 40.3 Å². The van der Waals surface area contributed by atoms with Crippen molar-refractivity contribution in [2.24, 2.45) is 0 Å². The van der Waals surface area contributed by atoms with Gasteiger partial charge in [0.2, 0.25) is 17.8 Å². The molecule has 1 saturated heterocycles. The number of carbonyl (C=O) groups excluding carboxylic acids is 2. The molecule has 37 heavy (non-hydrogen) atoms. The fourth-order valence-corrected chi connectivity index (χ4v) is 4.88. The van der Waals surface area contributed by atoms with Crippen molar-refractivity contribution in [1.82, 2.24) is 9.88 Å². The third kappa shape index (κ3) is 4.72. The van der Waals surface area contributed by atoms with Crippen LogP contribution in [0.5, 0.6) is 0 Å². The Morgan fingerprint density at radius 1 is 1.05 bits per heavy atom. The second-order valence-corrected chi connectivity index (χ2v) is 9.83. The van der Waals surface area contributed by atoms with Crippen LogP contribution in [0.2, 0.25) is 0 Å². The molecule has 1 aromatic heterocycles. The molecule has 0 radical (unpaired) electrons. The summed E-state index contributed by atoms with van der Waals surface area (Å²) in [6, 6.07) is 12.3. The van der Waals surface area contributed by atoms with E-state index in [0.717, 1.165) is 30.5 Å². The van der Waals surface area contributed by atoms with Gasteiger partial charge >= 0.3 is 0 Å². The molecule has 2 aliphatic rings. The summed E-state index contributed by atoms with van der Waals surface area (Å²) in [6.45, 7) is 4.23. The number of amides is 2. The number of nitrogens with one attached hydrogen (secondary N) is 3. The van der Waals surface area contributed by atoms with Gasteiger partial charge in [-0.3, -0.25) is 9.59 Å². The molecule has 8 nitrogen and oxygen atoms in total. The summed E-state index contributed by atoms with van der Waals surface area (Å²) in [7, 11) is 0. The maximum absolute atomic E-state index is 13.5. The number of anilines is 5. The predicted molar refractivity (Wildman–Crippen MR) is 136 cm³/mol. The number of benzene rings is 2. The molecule has 192 valence electrons. The Morgan fingerprint density at radius 3 is 2.54 bits per heavy atom. The Hall–Kier alpha value is -4.05. The molecule has 0 spiro atoms. The van der Waals surface area contributed by atoms with Crippen LogP contribution in [0.25, 0.3) is 0 Å². The average Bonchev–Trinajstić information content (AvgIpc) is 3.27. The van der Waals surface area contributed by atoms with E-state index in [1.165, 1.54) is 0 Å². The second-order valence-electron chi connectivity index (χ2n) is 9.83. The zero-order chi connectivity index (χ0) is 26.3. The molecule has 1 atom stereocenters. The highest BCUT2D eigenvalue weighted by Gasteiger charge is 2.39. The van der Waals surface area contributed by atoms with E-state index in [4.69, 9.17) is 0 Å². The molecule has 5 rings (SSSR count). The topological polar surface area (TPSA) is 107 Å². The number of likely N-dealkylation sites (tertiary alicyclic amines) is 1. The first kappa shape index (κ1) is 24.6. The Morgan fingerprint density at radius 2 is 1.81 bits per heavy atom. The van der Waals surface area contributed by atoms with E-state index in [2.05, 4.69) is 20.9 Å². The van der Waals surface area contributed by atoms with Gasteiger partial charge in [0.15, 0.2) is 0 Å². The number of hydrogen-bond donors (Lipinski definition) is 4. The lowest BCUT2D eigenvalue weighted by atomic mass is 9.82. The van der Waals surface area contributed by atoms with Crippen LogP contribution in [0.15, 0.2) is 48.5 Å². The van der Waals surface area contributed by atoms with E-state index in [-0.39, 0.29) is 30.2 Å². The molecule has 2 amide bonds. The number of aliphatic hydroxyl groups excluding tert-OH is 1. The molecule has 3 heterocycles. The van der Waals surface area contributed by atoms with Crippen molar-refractivity contribution in [3.05, 3.63) is 71.6 Å². The summed E-state index contributed by atoms with van der Waals surface area (Å²) in [5.74, 6) is -2.30. The number of pyridine rings is 1. The van der Waals surface area contributed by atoms with E-state index in [1.54, 1.807) is 35.2 Å². The van der Waals surface area contributed by atoms with Crippen LogP contribution < -0.4 is 16.0 Å². The molecule has 4 N–H and O–H groups in total. The Kier molecular flexibility index (Phi) is 6.28. The van der Waals surface area contributed by atoms with E-state index < -0.39 is 17.3 Å². The van der Waals surface area contributed by atoms with Gasteiger partial charge in [-0.25, -0.2) is 0 Å². The van der Waals surface area contributed by atoms with Crippen LogP contribution in [0.3, 0.4) is 0 Å². The number of carbonyl (C=O) groups is 2. The molecule has 2 aromatic carbocycles. The van der Waals surface area contributed by atoms with Crippen molar-refractivity contribution in [1.29, 1.82) is 0 Å². The molecule has 3 aromatic rings. The van der Waals surface area contributed by atoms with E-state index in [9.17, 15) is 23.5 Å². The first-order valence-electron chi connectivity index (χ1n) is 12.0. The number of rotatable bonds is 5. The SMILES string of the molecule is CC(C)(C(=O)N1CCC[C@H]1CO)c1ccc2c(c1)NC(=O)c1ccc(Nc3cc(F)nc(F)c3)cc1N2. The van der Waals surface area contributed by atoms with E-state index in [0.29, 0.717) is 34.9 Å². The zero-order valence-corrected chi connectivity index (χ0v) is 20.4. The van der Waals surface area contributed by atoms with Crippen molar-refractivity contribution in [3.63, 3.8) is 0 Å². The predicted octanol–water partition coefficient (Wildman–Crippen LogP) is 4.67. The van der Waals surface area contributed by atoms with Gasteiger partial charge in [-0.15, -0.1) is 0 Å². The van der Waals surface area contributed by atoms with Crippen LogP contribution in [0.4, 0.5) is 37.2 Å². The lowest BCUT2D eigenvalue weighted by Crippen LogP contribution is -2.46. The van der Waals surface area contributed by atoms with Gasteiger partial charge in [-0.05, 0) is 62.6 Å². The first-order valence-corrected chi connectivity index (χ1v) is 12.0. The average molecular weight is 508 g/mol. The van der Waals surface area contributed by atoms with Crippen LogP contribution in [0, 0.1) is 11.9 Å². The van der Waals surface area contributed by atoms with Gasteiger partial charge in [0.25, 0.3) is 5.91 Å². The van der Waals surface area contributed by atoms with Crippen molar-refractivity contribution in [2.75, 3.05) is 29.1 Å². The highest BCUT2D eigenvalue weighted by molar-refractivity contribution is 6.12. The number of aromatic nitrogens is 1. The smallest absolute Gasteiger partial charge is 0.257 e. The lowest BCUT2D eigenvalue weighted by Gasteiger charge is -2.33. The summed E-state index contributed by atoms with van der Waals surface area (Å²) < 4.78 is 26.9. The summed E-state index contributed by atoms with van der Waals surface area (Å²) in [6.07, 6.45) is 1.64. The zero-order valence-electron chi connectivity index (χ0n) is 20.4. The van der Waals surface area contributed by atoms with Gasteiger partial charge in [-0.2, -0.15) is 13.8 Å². The number of fused-ring (bicyclic) bond motifs is 2. The maximum Gasteiger partial charge on any atom is 0.257 e. The van der Waals surface area contributed by atoms with E-state index >= 15 is 0 Å². The monoisotopic (exact) mass is 507 g/mol. The molecule has 0 bridgehead atoms. The van der Waals surface area contributed by atoms with Crippen molar-refractivity contribution in [3.8, 4) is 0 Å². The van der Waals surface area contributed by atoms with Crippen LogP contribution in [-0.2, 0) is 10.2 Å². The van der Waals surface area contributed by atoms with Crippen molar-refractivity contribution < 1.29 is 23.5 Å². The normalized spacial score (nSPS) is 16.8. The van der Waals surface area contributed by atoms with Gasteiger partial charge in [0.05, 0.1) is 40.7 Å². The molecule has 0 unspecified atom stereocenters. The summed E-state index contributed by atoms with van der Waals surface area (Å²) in [5, 5.41) is 18.7. The second kappa shape index (κ2) is 9.44. The standard InChI is InChI=1S/C27H27F2N5O3/c1-27(2,26(37)34-9-3-4-18(34)14-35)15-5-8-20-22(10-15)32-25(36)19-7-6-16(11-21(19)31-20)30-17-12-23(28)33-24(29)13-17/h5-8,10-13,18,31,35H,3-4,9,14H2,1-2H3,(H,30,33)(H,32,36)/t18-/m0/s1. The number of nitrogens with zero attached hydrogens (tertiary/aromatic N) is 2. The molecular weight excluding hydrogens is 480 g/mol. The fraction of sp³-hybridized carbons (Fsp3) is 0.296. The Labute approximate surface area is 212 Å². The fourth-order valence-electron chi connectivity index (χ4n) is 4.88. The molecule has 1 fully saturated rings. The highest BCUT2D eigenvalue weighted by atomic mass is 19.1. The summed E-state index contributed by atoms with van der Waals surface area (Å²) in [4.78, 5) is 31.3. The Balaban J connectivity index is 1.42. The summed E-state index contributed by atoms with van der Waals surface area (Å²) >= 11 is 0. The van der Waals surface area contributed by atoms with E-state index in [1.807, 2.05) is 19.9 Å². The van der Waals surface area contributed by atoms with Gasteiger partial charge in [-0.1, -0.05) is 6.07 Å². The van der Waals surface area contributed by atoms with Gasteiger partial charge < -0.3 is 26.0 Å². The third-order valence-electron chi connectivity index (χ3n) is 6.96. The summed E-state index contributed by atoms with van der Waals surface area (Å²) in [5.41, 5.74) is 2.59. The molecule has 0 aliphatic carbocycles. The van der Waals surface area contributed by atoms with Crippen LogP contribution >= 0.6 is 0 Å². The minimum Gasteiger partial charge on any atom is -0.394 e. The van der Waals surface area contributed by atoms with Crippen LogP contribution in [0.1, 0.15) is 42.6 Å². The number of halogens is 2. The van der Waals surface area contributed by atoms with Crippen LogP contribution in [-0.4, -0.2) is 46.0 Å². The van der Waals surface area contributed by atoms with Crippen molar-refractivity contribution in [2.45, 2.75) is 38.1 Å². The Bertz CT molecular complexity index is 1370. The number of hydrogen-bond acceptors (Lipinski definition) is 6. The maximum atomic E-state index is 13.5. The quantitative estimate of drug-likeness (QED) is 0.374.